The first-order valence-corrected chi connectivity index (χ1v) is 7.58. The average Bonchev–Trinajstić information content (AvgIpc) is 2.97. The van der Waals surface area contributed by atoms with Gasteiger partial charge in [-0.1, -0.05) is 6.07 Å². The lowest BCUT2D eigenvalue weighted by Crippen LogP contribution is -2.47. The summed E-state index contributed by atoms with van der Waals surface area (Å²) in [5.41, 5.74) is 13.7. The number of alkyl halides is 2. The first kappa shape index (κ1) is 24.0. The number of para-hydroxylation sites is 1. The number of halogens is 2. The van der Waals surface area contributed by atoms with E-state index < -0.39 is 42.2 Å². The molecule has 1 aromatic carbocycles. The van der Waals surface area contributed by atoms with Crippen LogP contribution in [0.25, 0.3) is 0 Å². The predicted octanol–water partition coefficient (Wildman–Crippen LogP) is -1.12. The van der Waals surface area contributed by atoms with Crippen LogP contribution in [0.15, 0.2) is 18.2 Å². The highest BCUT2D eigenvalue weighted by Crippen LogP contribution is 2.43. The molecule has 0 spiro atoms. The topological polar surface area (TPSA) is 172 Å². The number of carbonyl (C=O) groups excluding carboxylic acids is 3. The van der Waals surface area contributed by atoms with Crippen LogP contribution in [0.4, 0.5) is 8.78 Å². The lowest BCUT2D eigenvalue weighted by atomic mass is 10.1. The number of ether oxygens (including phenoxy) is 2. The van der Waals surface area contributed by atoms with Crippen molar-refractivity contribution in [3.05, 3.63) is 23.8 Å². The van der Waals surface area contributed by atoms with Crippen LogP contribution < -0.4 is 37.3 Å². The number of amides is 3. The average molecular weight is 391 g/mol. The van der Waals surface area contributed by atoms with E-state index in [0.29, 0.717) is 0 Å². The molecule has 10 nitrogen and oxygen atoms in total. The third-order valence-corrected chi connectivity index (χ3v) is 2.95. The van der Waals surface area contributed by atoms with E-state index >= 15 is 0 Å². The van der Waals surface area contributed by atoms with Crippen molar-refractivity contribution in [2.45, 2.75) is 18.8 Å². The number of likely N-dealkylation sites (N-methyl/N-ethyl adjacent to an activating group) is 1. The molecule has 1 aliphatic heterocycles. The largest absolute Gasteiger partial charge is 0.586 e. The summed E-state index contributed by atoms with van der Waals surface area (Å²) < 4.78 is 34.7. The second kappa shape index (κ2) is 10.9. The normalized spacial score (nSPS) is 13.7. The van der Waals surface area contributed by atoms with Crippen LogP contribution in [0.1, 0.15) is 16.8 Å². The Labute approximate surface area is 154 Å². The summed E-state index contributed by atoms with van der Waals surface area (Å²) in [5, 5.41) is 4.50. The van der Waals surface area contributed by atoms with Gasteiger partial charge in [0.05, 0.1) is 12.0 Å². The van der Waals surface area contributed by atoms with Crippen LogP contribution >= 0.6 is 0 Å². The molecule has 8 N–H and O–H groups in total. The minimum absolute atomic E-state index is 0.266. The maximum atomic E-state index is 13.1. The van der Waals surface area contributed by atoms with Gasteiger partial charge in [0.25, 0.3) is 5.91 Å². The summed E-state index contributed by atoms with van der Waals surface area (Å²) in [6, 6.07) is 2.47. The van der Waals surface area contributed by atoms with Crippen LogP contribution in [0.5, 0.6) is 11.5 Å². The van der Waals surface area contributed by atoms with Crippen LogP contribution in [0.3, 0.4) is 0 Å². The maximum Gasteiger partial charge on any atom is 0.586 e. The molecule has 0 aromatic heterocycles. The number of rotatable bonds is 5. The van der Waals surface area contributed by atoms with Crippen molar-refractivity contribution in [3.8, 4) is 11.5 Å². The van der Waals surface area contributed by atoms with Gasteiger partial charge < -0.3 is 37.3 Å². The van der Waals surface area contributed by atoms with Gasteiger partial charge in [-0.05, 0) is 26.2 Å². The van der Waals surface area contributed by atoms with E-state index in [1.165, 1.54) is 39.3 Å². The number of nitrogens with two attached hydrogens (primary N) is 3. The summed E-state index contributed by atoms with van der Waals surface area (Å²) in [6.45, 7) is 0. The molecule has 0 bridgehead atoms. The lowest BCUT2D eigenvalue weighted by Gasteiger charge is -2.16. The van der Waals surface area contributed by atoms with Gasteiger partial charge in [0.15, 0.2) is 11.5 Å². The highest BCUT2D eigenvalue weighted by atomic mass is 19.3. The summed E-state index contributed by atoms with van der Waals surface area (Å²) in [4.78, 5) is 34.8. The van der Waals surface area contributed by atoms with Crippen molar-refractivity contribution in [2.75, 3.05) is 21.1 Å². The van der Waals surface area contributed by atoms with E-state index in [2.05, 4.69) is 31.6 Å². The molecule has 3 amide bonds. The van der Waals surface area contributed by atoms with Crippen molar-refractivity contribution in [2.24, 2.45) is 17.2 Å². The zero-order chi connectivity index (χ0) is 21.2. The van der Waals surface area contributed by atoms with E-state index in [9.17, 15) is 23.2 Å². The number of carbonyl (C=O) groups is 3. The molecule has 1 aliphatic rings. The number of hydrogen-bond donors (Lipinski definition) is 5. The van der Waals surface area contributed by atoms with Gasteiger partial charge in [0, 0.05) is 7.05 Å². The maximum absolute atomic E-state index is 13.1. The number of fused-ring (bicyclic) bond motifs is 1. The summed E-state index contributed by atoms with van der Waals surface area (Å²) in [5.74, 6) is -3.13. The molecule has 1 atom stereocenters. The van der Waals surface area contributed by atoms with E-state index in [0.717, 1.165) is 0 Å². The van der Waals surface area contributed by atoms with E-state index in [1.807, 2.05) is 0 Å². The van der Waals surface area contributed by atoms with Crippen molar-refractivity contribution < 1.29 is 32.6 Å². The van der Waals surface area contributed by atoms with Gasteiger partial charge in [-0.3, -0.25) is 14.4 Å². The first-order valence-electron chi connectivity index (χ1n) is 7.58. The van der Waals surface area contributed by atoms with Crippen molar-refractivity contribution in [1.29, 1.82) is 0 Å². The molecule has 0 aliphatic carbocycles. The van der Waals surface area contributed by atoms with E-state index in [-0.39, 0.29) is 11.3 Å². The fraction of sp³-hybridized carbons (Fsp3) is 0.400. The first-order chi connectivity index (χ1) is 12.7. The van der Waals surface area contributed by atoms with Gasteiger partial charge in [-0.25, -0.2) is 0 Å². The predicted molar refractivity (Wildman–Crippen MR) is 92.0 cm³/mol. The van der Waals surface area contributed by atoms with Crippen LogP contribution in [-0.4, -0.2) is 51.2 Å². The quantitative estimate of drug-likeness (QED) is 0.423. The molecule has 0 saturated carbocycles. The Morgan fingerprint density at radius 1 is 1.15 bits per heavy atom. The fourth-order valence-electron chi connectivity index (χ4n) is 1.97. The van der Waals surface area contributed by atoms with Crippen LogP contribution in [0.2, 0.25) is 0 Å². The number of benzene rings is 1. The SMILES string of the molecule is CN.CN.CNC(=O)[C@H](CC(N)=O)NC(=O)c1cccc2c1OC(F)(F)O2. The van der Waals surface area contributed by atoms with Crippen molar-refractivity contribution >= 4 is 17.7 Å². The Hall–Kier alpha value is -2.99. The van der Waals surface area contributed by atoms with Crippen molar-refractivity contribution in [1.82, 2.24) is 10.6 Å². The summed E-state index contributed by atoms with van der Waals surface area (Å²) in [7, 11) is 4.31. The third kappa shape index (κ3) is 6.67. The van der Waals surface area contributed by atoms with Crippen molar-refractivity contribution in [3.63, 3.8) is 0 Å². The van der Waals surface area contributed by atoms with Gasteiger partial charge in [0.2, 0.25) is 11.8 Å². The molecule has 1 aromatic rings. The molecule has 0 radical (unpaired) electrons. The highest BCUT2D eigenvalue weighted by molar-refractivity contribution is 6.01. The Morgan fingerprint density at radius 2 is 1.74 bits per heavy atom. The Bertz CT molecular complexity index is 672. The third-order valence-electron chi connectivity index (χ3n) is 2.95. The van der Waals surface area contributed by atoms with E-state index in [1.54, 1.807) is 0 Å². The smallest absolute Gasteiger partial charge is 0.395 e. The second-order valence-electron chi connectivity index (χ2n) is 4.61. The molecular formula is C15H23F2N5O5. The molecule has 12 heteroatoms. The summed E-state index contributed by atoms with van der Waals surface area (Å²) >= 11 is 0. The number of hydrogen-bond acceptors (Lipinski definition) is 7. The molecule has 0 unspecified atom stereocenters. The van der Waals surface area contributed by atoms with Crippen LogP contribution in [-0.2, 0) is 9.59 Å². The minimum atomic E-state index is -3.88. The zero-order valence-electron chi connectivity index (χ0n) is 15.0. The standard InChI is InChI=1S/C13H13F2N3O5.2CH5N/c1-17-12(21)7(5-9(16)19)18-11(20)6-3-2-4-8-10(6)23-13(14,15)22-8;2*1-2/h2-4,7H,5H2,1H3,(H2,16,19)(H,17,21)(H,18,20);2*2H2,1H3/t7-;;/m0../s1. The molecule has 152 valence electrons. The molecular weight excluding hydrogens is 368 g/mol. The van der Waals surface area contributed by atoms with E-state index in [4.69, 9.17) is 5.73 Å². The van der Waals surface area contributed by atoms with Gasteiger partial charge >= 0.3 is 6.29 Å². The minimum Gasteiger partial charge on any atom is -0.395 e. The molecule has 2 rings (SSSR count). The van der Waals surface area contributed by atoms with Crippen LogP contribution in [0, 0.1) is 0 Å². The molecule has 27 heavy (non-hydrogen) atoms. The zero-order valence-corrected chi connectivity index (χ0v) is 15.0. The lowest BCUT2D eigenvalue weighted by molar-refractivity contribution is -0.286. The fourth-order valence-corrected chi connectivity index (χ4v) is 1.97. The molecule has 1 heterocycles. The van der Waals surface area contributed by atoms with Gasteiger partial charge in [-0.2, -0.15) is 0 Å². The monoisotopic (exact) mass is 391 g/mol. The second-order valence-corrected chi connectivity index (χ2v) is 4.61. The Kier molecular flexibility index (Phi) is 9.67. The number of primary amides is 1. The number of nitrogens with one attached hydrogen (secondary N) is 2. The highest BCUT2D eigenvalue weighted by Gasteiger charge is 2.45. The van der Waals surface area contributed by atoms with Gasteiger partial charge in [0.1, 0.15) is 6.04 Å². The molecule has 0 saturated heterocycles. The molecule has 0 fully saturated rings. The Balaban J connectivity index is 0.00000158. The van der Waals surface area contributed by atoms with Gasteiger partial charge in [-0.15, -0.1) is 8.78 Å². The summed E-state index contributed by atoms with van der Waals surface area (Å²) in [6.07, 6.45) is -4.33. The Morgan fingerprint density at radius 3 is 2.26 bits per heavy atom.